The Kier molecular flexibility index (Phi) is 3.84. The number of nitrogens with zero attached hydrogens (tertiary/aromatic N) is 2. The molecule has 1 aliphatic rings. The molecule has 0 amide bonds. The van der Waals surface area contributed by atoms with E-state index in [1.165, 1.54) is 11.3 Å². The molecule has 0 aliphatic carbocycles. The highest BCUT2D eigenvalue weighted by Crippen LogP contribution is 2.31. The molecule has 110 valence electrons. The van der Waals surface area contributed by atoms with Crippen LogP contribution in [0.4, 0.5) is 11.4 Å². The molecule has 0 spiro atoms. The number of aryl methyl sites for hydroxylation is 1. The average Bonchev–Trinajstić information content (AvgIpc) is 2.51. The Hall–Kier alpha value is -2.00. The molecule has 0 saturated carbocycles. The Morgan fingerprint density at radius 2 is 1.81 bits per heavy atom. The summed E-state index contributed by atoms with van der Waals surface area (Å²) in [6, 6.07) is 17.5. The first-order valence-corrected chi connectivity index (χ1v) is 7.51. The maximum absolute atomic E-state index is 5.96. The van der Waals surface area contributed by atoms with E-state index in [0.29, 0.717) is 6.04 Å². The van der Waals surface area contributed by atoms with Gasteiger partial charge in [0.2, 0.25) is 0 Å². The van der Waals surface area contributed by atoms with E-state index in [-0.39, 0.29) is 0 Å². The molecule has 0 radical (unpaired) electrons. The molecule has 1 heterocycles. The summed E-state index contributed by atoms with van der Waals surface area (Å²) in [5.41, 5.74) is 10.6. The molecule has 3 heteroatoms. The van der Waals surface area contributed by atoms with Crippen molar-refractivity contribution in [2.24, 2.45) is 0 Å². The molecule has 1 aliphatic heterocycles. The van der Waals surface area contributed by atoms with Gasteiger partial charge in [0.1, 0.15) is 0 Å². The largest absolute Gasteiger partial charge is 0.399 e. The second-order valence-corrected chi connectivity index (χ2v) is 5.92. The Morgan fingerprint density at radius 1 is 1.05 bits per heavy atom. The lowest BCUT2D eigenvalue weighted by Crippen LogP contribution is -2.46. The third-order valence-corrected chi connectivity index (χ3v) is 4.35. The summed E-state index contributed by atoms with van der Waals surface area (Å²) in [7, 11) is 2.20. The smallest absolute Gasteiger partial charge is 0.0669 e. The fourth-order valence-electron chi connectivity index (χ4n) is 3.03. The number of anilines is 2. The minimum atomic E-state index is 0.396. The van der Waals surface area contributed by atoms with Crippen LogP contribution >= 0.6 is 0 Å². The summed E-state index contributed by atoms with van der Waals surface area (Å²) >= 11 is 0. The molecular weight excluding hydrogens is 258 g/mol. The average molecular weight is 281 g/mol. The fraction of sp³-hybridized carbons (Fsp3) is 0.333. The van der Waals surface area contributed by atoms with E-state index in [4.69, 9.17) is 5.73 Å². The number of nitrogen functional groups attached to an aromatic ring is 1. The zero-order valence-electron chi connectivity index (χ0n) is 12.8. The predicted molar refractivity (Wildman–Crippen MR) is 89.6 cm³/mol. The quantitative estimate of drug-likeness (QED) is 0.859. The minimum Gasteiger partial charge on any atom is -0.399 e. The third kappa shape index (κ3) is 2.88. The van der Waals surface area contributed by atoms with E-state index in [1.54, 1.807) is 0 Å². The topological polar surface area (TPSA) is 32.5 Å². The van der Waals surface area contributed by atoms with Gasteiger partial charge in [0, 0.05) is 31.0 Å². The lowest BCUT2D eigenvalue weighted by Gasteiger charge is -2.42. The molecular formula is C18H23N3. The Bertz CT molecular complexity index is 609. The fourth-order valence-corrected chi connectivity index (χ4v) is 3.03. The number of nitrogens with two attached hydrogens (primary N) is 1. The van der Waals surface area contributed by atoms with E-state index in [9.17, 15) is 0 Å². The summed E-state index contributed by atoms with van der Waals surface area (Å²) in [5, 5.41) is 0. The normalized spacial score (nSPS) is 19.7. The van der Waals surface area contributed by atoms with Crippen molar-refractivity contribution in [1.29, 1.82) is 0 Å². The molecule has 0 aromatic heterocycles. The molecule has 2 aromatic rings. The van der Waals surface area contributed by atoms with Crippen LogP contribution in [0.1, 0.15) is 17.2 Å². The molecule has 1 unspecified atom stereocenters. The number of piperazine rings is 1. The van der Waals surface area contributed by atoms with Crippen LogP contribution in [-0.4, -0.2) is 31.6 Å². The van der Waals surface area contributed by atoms with Gasteiger partial charge in [0.15, 0.2) is 0 Å². The number of benzene rings is 2. The summed E-state index contributed by atoms with van der Waals surface area (Å²) in [6.07, 6.45) is 0. The number of hydrogen-bond acceptors (Lipinski definition) is 3. The molecule has 0 bridgehead atoms. The maximum Gasteiger partial charge on any atom is 0.0669 e. The monoisotopic (exact) mass is 281 g/mol. The first-order chi connectivity index (χ1) is 10.1. The molecule has 3 nitrogen and oxygen atoms in total. The minimum absolute atomic E-state index is 0.396. The third-order valence-electron chi connectivity index (χ3n) is 4.35. The predicted octanol–water partition coefficient (Wildman–Crippen LogP) is 3.07. The van der Waals surface area contributed by atoms with Gasteiger partial charge >= 0.3 is 0 Å². The van der Waals surface area contributed by atoms with Crippen molar-refractivity contribution in [2.75, 3.05) is 37.3 Å². The van der Waals surface area contributed by atoms with Crippen molar-refractivity contribution in [1.82, 2.24) is 4.90 Å². The van der Waals surface area contributed by atoms with Crippen LogP contribution < -0.4 is 10.6 Å². The Labute approximate surface area is 127 Å². The van der Waals surface area contributed by atoms with E-state index >= 15 is 0 Å². The summed E-state index contributed by atoms with van der Waals surface area (Å²) in [5.74, 6) is 0. The number of likely N-dealkylation sites (N-methyl/N-ethyl adjacent to an activating group) is 1. The van der Waals surface area contributed by atoms with E-state index in [1.807, 2.05) is 6.07 Å². The Morgan fingerprint density at radius 3 is 2.52 bits per heavy atom. The molecule has 21 heavy (non-hydrogen) atoms. The number of hydrogen-bond donors (Lipinski definition) is 1. The van der Waals surface area contributed by atoms with Gasteiger partial charge in [-0.25, -0.2) is 0 Å². The summed E-state index contributed by atoms with van der Waals surface area (Å²) in [4.78, 5) is 4.90. The van der Waals surface area contributed by atoms with Crippen molar-refractivity contribution < 1.29 is 0 Å². The number of rotatable bonds is 2. The van der Waals surface area contributed by atoms with Gasteiger partial charge in [-0.3, -0.25) is 0 Å². The molecule has 1 saturated heterocycles. The van der Waals surface area contributed by atoms with Crippen molar-refractivity contribution in [3.8, 4) is 0 Å². The van der Waals surface area contributed by atoms with Crippen molar-refractivity contribution in [3.05, 3.63) is 59.7 Å². The van der Waals surface area contributed by atoms with E-state index in [0.717, 1.165) is 30.9 Å². The lowest BCUT2D eigenvalue weighted by molar-refractivity contribution is 0.269. The molecule has 2 N–H and O–H groups in total. The van der Waals surface area contributed by atoms with Gasteiger partial charge in [-0.05, 0) is 43.3 Å². The van der Waals surface area contributed by atoms with Gasteiger partial charge in [-0.15, -0.1) is 0 Å². The van der Waals surface area contributed by atoms with Crippen LogP contribution in [0.2, 0.25) is 0 Å². The van der Waals surface area contributed by atoms with Gasteiger partial charge in [0.05, 0.1) is 6.04 Å². The van der Waals surface area contributed by atoms with Gasteiger partial charge in [-0.1, -0.05) is 30.3 Å². The molecule has 3 rings (SSSR count). The zero-order valence-corrected chi connectivity index (χ0v) is 12.8. The SMILES string of the molecule is Cc1cc(N2CCN(C)CC2c2ccccc2)ccc1N. The van der Waals surface area contributed by atoms with E-state index in [2.05, 4.69) is 66.2 Å². The summed E-state index contributed by atoms with van der Waals surface area (Å²) < 4.78 is 0. The van der Waals surface area contributed by atoms with Crippen LogP contribution in [0, 0.1) is 6.92 Å². The zero-order chi connectivity index (χ0) is 14.8. The Balaban J connectivity index is 1.96. The van der Waals surface area contributed by atoms with Crippen molar-refractivity contribution in [2.45, 2.75) is 13.0 Å². The second kappa shape index (κ2) is 5.78. The van der Waals surface area contributed by atoms with Gasteiger partial charge in [-0.2, -0.15) is 0 Å². The maximum atomic E-state index is 5.96. The highest BCUT2D eigenvalue weighted by Gasteiger charge is 2.26. The first-order valence-electron chi connectivity index (χ1n) is 7.51. The van der Waals surface area contributed by atoms with Crippen molar-refractivity contribution in [3.63, 3.8) is 0 Å². The van der Waals surface area contributed by atoms with Crippen LogP contribution in [0.3, 0.4) is 0 Å². The van der Waals surface area contributed by atoms with Crippen LogP contribution in [0.15, 0.2) is 48.5 Å². The summed E-state index contributed by atoms with van der Waals surface area (Å²) in [6.45, 7) is 5.26. The first kappa shape index (κ1) is 14.0. The standard InChI is InChI=1S/C18H23N3/c1-14-12-16(8-9-17(14)19)21-11-10-20(2)13-18(21)15-6-4-3-5-7-15/h3-9,12,18H,10-11,13,19H2,1-2H3. The van der Waals surface area contributed by atoms with Crippen molar-refractivity contribution >= 4 is 11.4 Å². The van der Waals surface area contributed by atoms with Gasteiger partial charge in [0.25, 0.3) is 0 Å². The molecule has 1 fully saturated rings. The second-order valence-electron chi connectivity index (χ2n) is 5.92. The van der Waals surface area contributed by atoms with E-state index < -0.39 is 0 Å². The highest BCUT2D eigenvalue weighted by molar-refractivity contribution is 5.59. The van der Waals surface area contributed by atoms with Gasteiger partial charge < -0.3 is 15.5 Å². The van der Waals surface area contributed by atoms with Crippen LogP contribution in [0.25, 0.3) is 0 Å². The van der Waals surface area contributed by atoms with Crippen LogP contribution in [-0.2, 0) is 0 Å². The van der Waals surface area contributed by atoms with Crippen LogP contribution in [0.5, 0.6) is 0 Å². The highest BCUT2D eigenvalue weighted by atomic mass is 15.3. The molecule has 1 atom stereocenters. The molecule has 2 aromatic carbocycles. The lowest BCUT2D eigenvalue weighted by atomic mass is 10.0.